The Hall–Kier alpha value is -0.610. The topological polar surface area (TPSA) is 45.2 Å². The van der Waals surface area contributed by atoms with Crippen LogP contribution in [-0.4, -0.2) is 22.7 Å². The zero-order valence-corrected chi connectivity index (χ0v) is 10.7. The van der Waals surface area contributed by atoms with Gasteiger partial charge >= 0.3 is 0 Å². The van der Waals surface area contributed by atoms with Gasteiger partial charge in [0, 0.05) is 17.2 Å². The minimum atomic E-state index is -0.217. The van der Waals surface area contributed by atoms with Crippen LogP contribution in [0.25, 0.3) is 0 Å². The fourth-order valence-electron chi connectivity index (χ4n) is 1.33. The number of pyridine rings is 1. The summed E-state index contributed by atoms with van der Waals surface area (Å²) in [4.78, 5) is 4.27. The molecular weight excluding hydrogens is 256 g/mol. The molecule has 3 nitrogen and oxygen atoms in total. The fourth-order valence-corrected chi connectivity index (χ4v) is 1.78. The number of nitrogens with one attached hydrogen (secondary N) is 1. The number of aliphatic hydroxyl groups excluding tert-OH is 1. The number of hydrogen-bond donors (Lipinski definition) is 2. The van der Waals surface area contributed by atoms with Crippen LogP contribution < -0.4 is 5.32 Å². The molecule has 1 heterocycles. The number of halogens is 1. The van der Waals surface area contributed by atoms with Gasteiger partial charge in [0.2, 0.25) is 0 Å². The first kappa shape index (κ1) is 12.5. The highest BCUT2D eigenvalue weighted by Crippen LogP contribution is 2.16. The maximum atomic E-state index is 9.09. The van der Waals surface area contributed by atoms with E-state index in [4.69, 9.17) is 5.11 Å². The molecule has 0 aromatic carbocycles. The van der Waals surface area contributed by atoms with Gasteiger partial charge in [-0.25, -0.2) is 4.98 Å². The molecule has 0 aliphatic carbocycles. The van der Waals surface area contributed by atoms with E-state index in [1.165, 1.54) is 0 Å². The predicted molar refractivity (Wildman–Crippen MR) is 66.1 cm³/mol. The van der Waals surface area contributed by atoms with Crippen molar-refractivity contribution in [1.82, 2.24) is 4.98 Å². The highest BCUT2D eigenvalue weighted by Gasteiger charge is 2.00. The second-order valence-corrected chi connectivity index (χ2v) is 4.65. The van der Waals surface area contributed by atoms with Gasteiger partial charge in [0.15, 0.2) is 0 Å². The van der Waals surface area contributed by atoms with Crippen molar-refractivity contribution in [2.75, 3.05) is 11.9 Å². The maximum absolute atomic E-state index is 9.09. The van der Waals surface area contributed by atoms with E-state index in [-0.39, 0.29) is 6.10 Å². The molecule has 15 heavy (non-hydrogen) atoms. The first-order valence-corrected chi connectivity index (χ1v) is 5.93. The van der Waals surface area contributed by atoms with Crippen molar-refractivity contribution in [3.05, 3.63) is 22.3 Å². The number of nitrogens with zero attached hydrogens (tertiary/aromatic N) is 1. The molecule has 4 heteroatoms. The van der Waals surface area contributed by atoms with Crippen molar-refractivity contribution in [1.29, 1.82) is 0 Å². The summed E-state index contributed by atoms with van der Waals surface area (Å²) in [5.41, 5.74) is 1.13. The SMILES string of the molecule is Cc1cc(Br)cnc1NCCCC(C)O. The number of aryl methyl sites for hydroxylation is 1. The summed E-state index contributed by atoms with van der Waals surface area (Å²) in [5, 5.41) is 12.3. The Morgan fingerprint density at radius 1 is 1.60 bits per heavy atom. The Balaban J connectivity index is 2.37. The lowest BCUT2D eigenvalue weighted by Crippen LogP contribution is -2.08. The van der Waals surface area contributed by atoms with Gasteiger partial charge in [-0.1, -0.05) is 0 Å². The minimum absolute atomic E-state index is 0.217. The van der Waals surface area contributed by atoms with Crippen molar-refractivity contribution >= 4 is 21.7 Å². The van der Waals surface area contributed by atoms with Crippen LogP contribution in [0.1, 0.15) is 25.3 Å². The van der Waals surface area contributed by atoms with E-state index in [9.17, 15) is 0 Å². The van der Waals surface area contributed by atoms with Crippen LogP contribution in [0, 0.1) is 6.92 Å². The maximum Gasteiger partial charge on any atom is 0.128 e. The summed E-state index contributed by atoms with van der Waals surface area (Å²) < 4.78 is 0.995. The van der Waals surface area contributed by atoms with Crippen molar-refractivity contribution in [3.63, 3.8) is 0 Å². The van der Waals surface area contributed by atoms with E-state index in [2.05, 4.69) is 26.2 Å². The molecule has 1 unspecified atom stereocenters. The molecule has 0 bridgehead atoms. The predicted octanol–water partition coefficient (Wildman–Crippen LogP) is 2.73. The minimum Gasteiger partial charge on any atom is -0.393 e. The smallest absolute Gasteiger partial charge is 0.128 e. The summed E-state index contributed by atoms with van der Waals surface area (Å²) in [6.45, 7) is 4.68. The van der Waals surface area contributed by atoms with Crippen LogP contribution in [0.5, 0.6) is 0 Å². The van der Waals surface area contributed by atoms with Crippen LogP contribution in [0.2, 0.25) is 0 Å². The second-order valence-electron chi connectivity index (χ2n) is 3.74. The Morgan fingerprint density at radius 2 is 2.33 bits per heavy atom. The lowest BCUT2D eigenvalue weighted by atomic mass is 10.2. The van der Waals surface area contributed by atoms with Gasteiger partial charge in [-0.3, -0.25) is 0 Å². The van der Waals surface area contributed by atoms with E-state index < -0.39 is 0 Å². The van der Waals surface area contributed by atoms with E-state index in [0.29, 0.717) is 0 Å². The average molecular weight is 273 g/mol. The highest BCUT2D eigenvalue weighted by atomic mass is 79.9. The molecule has 84 valence electrons. The quantitative estimate of drug-likeness (QED) is 0.811. The van der Waals surface area contributed by atoms with Crippen LogP contribution in [0.3, 0.4) is 0 Å². The monoisotopic (exact) mass is 272 g/mol. The third-order valence-electron chi connectivity index (χ3n) is 2.14. The Labute approximate surface area is 99.1 Å². The number of hydrogen-bond acceptors (Lipinski definition) is 3. The number of aliphatic hydroxyl groups is 1. The molecule has 1 aromatic heterocycles. The first-order valence-electron chi connectivity index (χ1n) is 5.13. The zero-order chi connectivity index (χ0) is 11.3. The molecular formula is C11H17BrN2O. The summed E-state index contributed by atoms with van der Waals surface area (Å²) >= 11 is 3.37. The molecule has 0 amide bonds. The molecule has 1 rings (SSSR count). The molecule has 1 atom stereocenters. The molecule has 0 saturated heterocycles. The van der Waals surface area contributed by atoms with Crippen molar-refractivity contribution in [3.8, 4) is 0 Å². The number of rotatable bonds is 5. The Morgan fingerprint density at radius 3 is 2.93 bits per heavy atom. The number of aromatic nitrogens is 1. The van der Waals surface area contributed by atoms with E-state index >= 15 is 0 Å². The van der Waals surface area contributed by atoms with Crippen molar-refractivity contribution in [2.45, 2.75) is 32.8 Å². The zero-order valence-electron chi connectivity index (χ0n) is 9.13. The van der Waals surface area contributed by atoms with Crippen molar-refractivity contribution < 1.29 is 5.11 Å². The van der Waals surface area contributed by atoms with Crippen LogP contribution in [0.15, 0.2) is 16.7 Å². The largest absolute Gasteiger partial charge is 0.393 e. The summed E-state index contributed by atoms with van der Waals surface area (Å²) in [6.07, 6.45) is 3.34. The molecule has 0 radical (unpaired) electrons. The lowest BCUT2D eigenvalue weighted by molar-refractivity contribution is 0.183. The van der Waals surface area contributed by atoms with E-state index in [1.807, 2.05) is 19.9 Å². The van der Waals surface area contributed by atoms with Gasteiger partial charge in [0.25, 0.3) is 0 Å². The summed E-state index contributed by atoms with van der Waals surface area (Å²) in [5.74, 6) is 0.920. The number of anilines is 1. The molecule has 0 aliphatic heterocycles. The molecule has 0 saturated carbocycles. The highest BCUT2D eigenvalue weighted by molar-refractivity contribution is 9.10. The average Bonchev–Trinajstić information content (AvgIpc) is 2.14. The fraction of sp³-hybridized carbons (Fsp3) is 0.545. The van der Waals surface area contributed by atoms with Gasteiger partial charge in [-0.2, -0.15) is 0 Å². The molecule has 0 aliphatic rings. The molecule has 2 N–H and O–H groups in total. The molecule has 0 spiro atoms. The van der Waals surface area contributed by atoms with E-state index in [1.54, 1.807) is 6.20 Å². The Bertz CT molecular complexity index is 315. The molecule has 0 fully saturated rings. The summed E-state index contributed by atoms with van der Waals surface area (Å²) in [7, 11) is 0. The van der Waals surface area contributed by atoms with Crippen LogP contribution >= 0.6 is 15.9 Å². The van der Waals surface area contributed by atoms with Gasteiger partial charge in [-0.05, 0) is 54.2 Å². The standard InChI is InChI=1S/C11H17BrN2O/c1-8-6-10(12)7-14-11(8)13-5-3-4-9(2)15/h6-7,9,15H,3-5H2,1-2H3,(H,13,14). The first-order chi connectivity index (χ1) is 7.09. The Kier molecular flexibility index (Phi) is 5.05. The second kappa shape index (κ2) is 6.08. The third-order valence-corrected chi connectivity index (χ3v) is 2.57. The van der Waals surface area contributed by atoms with Gasteiger partial charge in [-0.15, -0.1) is 0 Å². The van der Waals surface area contributed by atoms with Crippen LogP contribution in [-0.2, 0) is 0 Å². The normalized spacial score (nSPS) is 12.5. The van der Waals surface area contributed by atoms with Crippen molar-refractivity contribution in [2.24, 2.45) is 0 Å². The van der Waals surface area contributed by atoms with Gasteiger partial charge in [0.1, 0.15) is 5.82 Å². The van der Waals surface area contributed by atoms with Crippen LogP contribution in [0.4, 0.5) is 5.82 Å². The molecule has 1 aromatic rings. The van der Waals surface area contributed by atoms with Gasteiger partial charge < -0.3 is 10.4 Å². The third kappa shape index (κ3) is 4.62. The van der Waals surface area contributed by atoms with Gasteiger partial charge in [0.05, 0.1) is 6.10 Å². The lowest BCUT2D eigenvalue weighted by Gasteiger charge is -2.09. The summed E-state index contributed by atoms with van der Waals surface area (Å²) in [6, 6.07) is 2.03. The van der Waals surface area contributed by atoms with E-state index in [0.717, 1.165) is 35.2 Å².